The average Bonchev–Trinajstić information content (AvgIpc) is 2.92. The summed E-state index contributed by atoms with van der Waals surface area (Å²) >= 11 is 12.0. The second-order valence-corrected chi connectivity index (χ2v) is 7.43. The summed E-state index contributed by atoms with van der Waals surface area (Å²) in [5, 5.41) is 16.8. The van der Waals surface area contributed by atoms with Gasteiger partial charge in [-0.05, 0) is 18.2 Å². The fourth-order valence-electron chi connectivity index (χ4n) is 2.08. The van der Waals surface area contributed by atoms with Crippen LogP contribution in [0.15, 0.2) is 24.3 Å². The van der Waals surface area contributed by atoms with Crippen molar-refractivity contribution in [1.29, 1.82) is 0 Å². The predicted molar refractivity (Wildman–Crippen MR) is 97.8 cm³/mol. The topological polar surface area (TPSA) is 84.2 Å². The number of hydrogen-bond acceptors (Lipinski definition) is 3. The number of nitrogens with zero attached hydrogens (tertiary/aromatic N) is 2. The van der Waals surface area contributed by atoms with Crippen LogP contribution in [0.4, 0.5) is 5.82 Å². The number of carbonyl (C=O) groups excluding carboxylic acids is 1. The molecule has 2 aromatic rings. The molecule has 0 fully saturated rings. The third-order valence-corrected chi connectivity index (χ3v) is 4.20. The van der Waals surface area contributed by atoms with Crippen molar-refractivity contribution in [3.05, 3.63) is 40.0 Å². The van der Waals surface area contributed by atoms with Crippen LogP contribution in [0.3, 0.4) is 0 Å². The minimum Gasteiger partial charge on any atom is -0.481 e. The number of carboxylic acids is 1. The van der Waals surface area contributed by atoms with E-state index in [2.05, 4.69) is 10.4 Å². The highest BCUT2D eigenvalue weighted by Gasteiger charge is 2.22. The number of hydrogen-bond donors (Lipinski definition) is 2. The summed E-state index contributed by atoms with van der Waals surface area (Å²) in [6, 6.07) is 6.80. The Kier molecular flexibility index (Phi) is 5.75. The Morgan fingerprint density at radius 1 is 1.16 bits per heavy atom. The minimum absolute atomic E-state index is 0.118. The summed E-state index contributed by atoms with van der Waals surface area (Å²) in [5.74, 6) is -0.980. The third-order valence-electron chi connectivity index (χ3n) is 3.46. The number of anilines is 1. The molecule has 0 aliphatic rings. The summed E-state index contributed by atoms with van der Waals surface area (Å²) in [5.41, 5.74) is 1.17. The van der Waals surface area contributed by atoms with E-state index in [0.717, 1.165) is 5.69 Å². The minimum atomic E-state index is -1.02. The van der Waals surface area contributed by atoms with Gasteiger partial charge in [-0.1, -0.05) is 44.0 Å². The van der Waals surface area contributed by atoms with Crippen LogP contribution in [0.5, 0.6) is 0 Å². The zero-order chi connectivity index (χ0) is 18.8. The molecule has 0 aliphatic heterocycles. The monoisotopic (exact) mass is 383 g/mol. The molecule has 0 saturated heterocycles. The zero-order valence-corrected chi connectivity index (χ0v) is 15.6. The van der Waals surface area contributed by atoms with Gasteiger partial charge in [0.05, 0.1) is 27.8 Å². The van der Waals surface area contributed by atoms with Crippen molar-refractivity contribution in [3.8, 4) is 5.69 Å². The predicted octanol–water partition coefficient (Wildman–Crippen LogP) is 4.28. The van der Waals surface area contributed by atoms with Gasteiger partial charge in [0.25, 0.3) is 0 Å². The van der Waals surface area contributed by atoms with Crippen LogP contribution in [0, 0.1) is 0 Å². The number of nitrogens with one attached hydrogen (secondary N) is 1. The van der Waals surface area contributed by atoms with Crippen LogP contribution in [0.2, 0.25) is 10.0 Å². The lowest BCUT2D eigenvalue weighted by Gasteiger charge is -2.14. The van der Waals surface area contributed by atoms with Crippen molar-refractivity contribution >= 4 is 40.9 Å². The number of halogens is 2. The first kappa shape index (κ1) is 19.3. The van der Waals surface area contributed by atoms with E-state index < -0.39 is 11.9 Å². The fraction of sp³-hybridized carbons (Fsp3) is 0.353. The molecular weight excluding hydrogens is 365 g/mol. The van der Waals surface area contributed by atoms with Crippen LogP contribution in [-0.2, 0) is 15.0 Å². The Morgan fingerprint density at radius 2 is 1.84 bits per heavy atom. The Labute approximate surface area is 155 Å². The van der Waals surface area contributed by atoms with Gasteiger partial charge in [0.2, 0.25) is 5.91 Å². The number of benzene rings is 1. The van der Waals surface area contributed by atoms with Gasteiger partial charge in [-0.25, -0.2) is 4.68 Å². The van der Waals surface area contributed by atoms with E-state index in [9.17, 15) is 9.59 Å². The lowest BCUT2D eigenvalue weighted by molar-refractivity contribution is -0.138. The van der Waals surface area contributed by atoms with Crippen molar-refractivity contribution in [2.45, 2.75) is 39.0 Å². The van der Waals surface area contributed by atoms with Gasteiger partial charge in [0.15, 0.2) is 0 Å². The van der Waals surface area contributed by atoms with Gasteiger partial charge in [-0.2, -0.15) is 5.10 Å². The van der Waals surface area contributed by atoms with Crippen LogP contribution in [0.25, 0.3) is 5.69 Å². The van der Waals surface area contributed by atoms with Gasteiger partial charge in [-0.3, -0.25) is 9.59 Å². The molecule has 0 spiro atoms. The maximum absolute atomic E-state index is 12.0. The number of carboxylic acid groups (broad SMARTS) is 1. The average molecular weight is 384 g/mol. The van der Waals surface area contributed by atoms with Crippen LogP contribution >= 0.6 is 23.2 Å². The largest absolute Gasteiger partial charge is 0.481 e. The molecule has 0 saturated carbocycles. The molecule has 0 atom stereocenters. The molecule has 25 heavy (non-hydrogen) atoms. The first-order valence-electron chi connectivity index (χ1n) is 7.65. The van der Waals surface area contributed by atoms with E-state index in [1.165, 1.54) is 0 Å². The van der Waals surface area contributed by atoms with Gasteiger partial charge >= 0.3 is 5.97 Å². The Bertz CT molecular complexity index is 810. The van der Waals surface area contributed by atoms with Crippen molar-refractivity contribution in [1.82, 2.24) is 9.78 Å². The first-order valence-corrected chi connectivity index (χ1v) is 8.41. The zero-order valence-electron chi connectivity index (χ0n) is 14.1. The fourth-order valence-corrected chi connectivity index (χ4v) is 2.37. The highest BCUT2D eigenvalue weighted by molar-refractivity contribution is 6.42. The lowest BCUT2D eigenvalue weighted by Crippen LogP contribution is -2.16. The molecule has 1 amide bonds. The van der Waals surface area contributed by atoms with E-state index in [1.807, 2.05) is 20.8 Å². The smallest absolute Gasteiger partial charge is 0.303 e. The van der Waals surface area contributed by atoms with Crippen LogP contribution < -0.4 is 5.32 Å². The second kappa shape index (κ2) is 7.45. The summed E-state index contributed by atoms with van der Waals surface area (Å²) in [6.07, 6.45) is -0.356. The normalized spacial score (nSPS) is 11.4. The maximum Gasteiger partial charge on any atom is 0.303 e. The Hall–Kier alpha value is -2.05. The molecule has 6 nitrogen and oxygen atoms in total. The molecule has 1 aromatic carbocycles. The van der Waals surface area contributed by atoms with Crippen LogP contribution in [-0.4, -0.2) is 26.8 Å². The van der Waals surface area contributed by atoms with Crippen molar-refractivity contribution in [2.75, 3.05) is 5.32 Å². The first-order chi connectivity index (χ1) is 11.6. The van der Waals surface area contributed by atoms with E-state index in [1.54, 1.807) is 28.9 Å². The Balaban J connectivity index is 2.39. The molecule has 0 bridgehead atoms. The second-order valence-electron chi connectivity index (χ2n) is 6.62. The van der Waals surface area contributed by atoms with Gasteiger partial charge in [0.1, 0.15) is 5.82 Å². The summed E-state index contributed by atoms with van der Waals surface area (Å²) < 4.78 is 1.56. The molecule has 1 heterocycles. The summed E-state index contributed by atoms with van der Waals surface area (Å²) in [4.78, 5) is 22.6. The number of aliphatic carboxylic acids is 1. The molecule has 0 radical (unpaired) electrons. The molecular formula is C17H19Cl2N3O3. The quantitative estimate of drug-likeness (QED) is 0.806. The van der Waals surface area contributed by atoms with Crippen molar-refractivity contribution in [2.24, 2.45) is 0 Å². The highest BCUT2D eigenvalue weighted by atomic mass is 35.5. The number of amides is 1. The molecule has 2 rings (SSSR count). The molecule has 0 unspecified atom stereocenters. The number of rotatable bonds is 5. The summed E-state index contributed by atoms with van der Waals surface area (Å²) in [6.45, 7) is 6.01. The highest BCUT2D eigenvalue weighted by Crippen LogP contribution is 2.29. The van der Waals surface area contributed by atoms with E-state index in [-0.39, 0.29) is 18.3 Å². The Morgan fingerprint density at radius 3 is 2.40 bits per heavy atom. The number of aromatic nitrogens is 2. The van der Waals surface area contributed by atoms with Crippen molar-refractivity contribution < 1.29 is 14.7 Å². The molecule has 2 N–H and O–H groups in total. The van der Waals surface area contributed by atoms with E-state index in [0.29, 0.717) is 21.6 Å². The molecule has 8 heteroatoms. The molecule has 0 aliphatic carbocycles. The van der Waals surface area contributed by atoms with Crippen LogP contribution in [0.1, 0.15) is 39.3 Å². The number of carbonyl (C=O) groups is 2. The van der Waals surface area contributed by atoms with Gasteiger partial charge in [0, 0.05) is 17.9 Å². The standard InChI is InChI=1S/C17H19Cl2N3O3/c1-17(2,3)13-9-14(20-15(23)6-7-16(24)25)22(21-13)10-4-5-11(18)12(19)8-10/h4-5,8-9H,6-7H2,1-3H3,(H,20,23)(H,24,25). The third kappa shape index (κ3) is 4.96. The molecule has 1 aromatic heterocycles. The van der Waals surface area contributed by atoms with E-state index in [4.69, 9.17) is 28.3 Å². The SMILES string of the molecule is CC(C)(C)c1cc(NC(=O)CCC(=O)O)n(-c2ccc(Cl)c(Cl)c2)n1. The van der Waals surface area contributed by atoms with E-state index >= 15 is 0 Å². The lowest BCUT2D eigenvalue weighted by atomic mass is 9.92. The summed E-state index contributed by atoms with van der Waals surface area (Å²) in [7, 11) is 0. The van der Waals surface area contributed by atoms with Gasteiger partial charge in [-0.15, -0.1) is 0 Å². The molecule has 134 valence electrons. The van der Waals surface area contributed by atoms with Gasteiger partial charge < -0.3 is 10.4 Å². The maximum atomic E-state index is 12.0. The van der Waals surface area contributed by atoms with Crippen molar-refractivity contribution in [3.63, 3.8) is 0 Å².